The highest BCUT2D eigenvalue weighted by Crippen LogP contribution is 2.22. The maximum atomic E-state index is 11.4. The van der Waals surface area contributed by atoms with Crippen molar-refractivity contribution >= 4 is 5.97 Å². The molecule has 0 saturated carbocycles. The van der Waals surface area contributed by atoms with Crippen LogP contribution in [0.15, 0.2) is 40.8 Å². The molecule has 0 amide bonds. The SMILES string of the molecule is CCCNCc1ccc(-c2ccc(C(=O)OC)cc2)o1. The predicted molar refractivity (Wildman–Crippen MR) is 77.5 cm³/mol. The summed E-state index contributed by atoms with van der Waals surface area (Å²) in [7, 11) is 1.37. The van der Waals surface area contributed by atoms with Crippen molar-refractivity contribution in [2.24, 2.45) is 0 Å². The summed E-state index contributed by atoms with van der Waals surface area (Å²) in [6, 6.07) is 11.1. The molecule has 0 aliphatic rings. The van der Waals surface area contributed by atoms with Crippen LogP contribution >= 0.6 is 0 Å². The van der Waals surface area contributed by atoms with Crippen LogP contribution in [0, 0.1) is 0 Å². The van der Waals surface area contributed by atoms with Gasteiger partial charge in [0.1, 0.15) is 11.5 Å². The van der Waals surface area contributed by atoms with Crippen molar-refractivity contribution in [1.29, 1.82) is 0 Å². The Labute approximate surface area is 118 Å². The van der Waals surface area contributed by atoms with Crippen molar-refractivity contribution in [2.75, 3.05) is 13.7 Å². The lowest BCUT2D eigenvalue weighted by molar-refractivity contribution is 0.0601. The van der Waals surface area contributed by atoms with E-state index in [9.17, 15) is 4.79 Å². The van der Waals surface area contributed by atoms with Crippen LogP contribution in [-0.4, -0.2) is 19.6 Å². The average molecular weight is 273 g/mol. The molecule has 0 fully saturated rings. The lowest BCUT2D eigenvalue weighted by Crippen LogP contribution is -2.12. The third-order valence-electron chi connectivity index (χ3n) is 2.98. The van der Waals surface area contributed by atoms with Gasteiger partial charge in [-0.1, -0.05) is 19.1 Å². The Morgan fingerprint density at radius 2 is 1.95 bits per heavy atom. The molecule has 4 nitrogen and oxygen atoms in total. The summed E-state index contributed by atoms with van der Waals surface area (Å²) in [5.74, 6) is 1.38. The standard InChI is InChI=1S/C16H19NO3/c1-3-10-17-11-14-8-9-15(20-14)12-4-6-13(7-5-12)16(18)19-2/h4-9,17H,3,10-11H2,1-2H3. The number of furan rings is 1. The molecule has 1 N–H and O–H groups in total. The Hall–Kier alpha value is -2.07. The van der Waals surface area contributed by atoms with Crippen LogP contribution < -0.4 is 5.32 Å². The number of esters is 1. The van der Waals surface area contributed by atoms with Crippen LogP contribution in [0.25, 0.3) is 11.3 Å². The molecule has 0 saturated heterocycles. The van der Waals surface area contributed by atoms with Gasteiger partial charge >= 0.3 is 5.97 Å². The monoisotopic (exact) mass is 273 g/mol. The summed E-state index contributed by atoms with van der Waals surface area (Å²) in [6.07, 6.45) is 1.10. The Morgan fingerprint density at radius 1 is 1.20 bits per heavy atom. The number of hydrogen-bond donors (Lipinski definition) is 1. The van der Waals surface area contributed by atoms with Gasteiger partial charge in [0.2, 0.25) is 0 Å². The van der Waals surface area contributed by atoms with Crippen molar-refractivity contribution in [1.82, 2.24) is 5.32 Å². The van der Waals surface area contributed by atoms with Gasteiger partial charge in [0.05, 0.1) is 19.2 Å². The van der Waals surface area contributed by atoms with Crippen molar-refractivity contribution in [3.8, 4) is 11.3 Å². The fourth-order valence-electron chi connectivity index (χ4n) is 1.90. The van der Waals surface area contributed by atoms with Crippen molar-refractivity contribution in [3.05, 3.63) is 47.7 Å². The molecule has 106 valence electrons. The molecule has 0 unspecified atom stereocenters. The Morgan fingerprint density at radius 3 is 2.60 bits per heavy atom. The highest BCUT2D eigenvalue weighted by Gasteiger charge is 2.08. The van der Waals surface area contributed by atoms with E-state index in [1.165, 1.54) is 7.11 Å². The topological polar surface area (TPSA) is 51.5 Å². The smallest absolute Gasteiger partial charge is 0.337 e. The Balaban J connectivity index is 2.06. The predicted octanol–water partition coefficient (Wildman–Crippen LogP) is 3.23. The molecule has 2 rings (SSSR count). The minimum absolute atomic E-state index is 0.333. The number of ether oxygens (including phenoxy) is 1. The third kappa shape index (κ3) is 3.48. The Kier molecular flexibility index (Phi) is 4.96. The molecule has 20 heavy (non-hydrogen) atoms. The van der Waals surface area contributed by atoms with E-state index in [1.54, 1.807) is 12.1 Å². The molecule has 4 heteroatoms. The normalized spacial score (nSPS) is 10.5. The summed E-state index contributed by atoms with van der Waals surface area (Å²) >= 11 is 0. The highest BCUT2D eigenvalue weighted by molar-refractivity contribution is 5.89. The quantitative estimate of drug-likeness (QED) is 0.648. The van der Waals surface area contributed by atoms with E-state index in [1.807, 2.05) is 24.3 Å². The molecule has 2 aromatic rings. The molecule has 1 heterocycles. The zero-order chi connectivity index (χ0) is 14.4. The first-order valence-electron chi connectivity index (χ1n) is 6.72. The lowest BCUT2D eigenvalue weighted by atomic mass is 10.1. The van der Waals surface area contributed by atoms with Gasteiger partial charge in [-0.05, 0) is 37.2 Å². The molecule has 0 bridgehead atoms. The highest BCUT2D eigenvalue weighted by atomic mass is 16.5. The van der Waals surface area contributed by atoms with Crippen LogP contribution in [0.5, 0.6) is 0 Å². The van der Waals surface area contributed by atoms with E-state index in [4.69, 9.17) is 4.42 Å². The lowest BCUT2D eigenvalue weighted by Gasteiger charge is -2.01. The number of carbonyl (C=O) groups is 1. The maximum Gasteiger partial charge on any atom is 0.337 e. The molecule has 0 atom stereocenters. The van der Waals surface area contributed by atoms with E-state index < -0.39 is 0 Å². The van der Waals surface area contributed by atoms with Gasteiger partial charge in [0.15, 0.2) is 0 Å². The minimum atomic E-state index is -0.333. The zero-order valence-corrected chi connectivity index (χ0v) is 11.8. The van der Waals surface area contributed by atoms with Gasteiger partial charge in [-0.3, -0.25) is 0 Å². The van der Waals surface area contributed by atoms with E-state index in [0.29, 0.717) is 5.56 Å². The molecular weight excluding hydrogens is 254 g/mol. The van der Waals surface area contributed by atoms with Gasteiger partial charge in [-0.15, -0.1) is 0 Å². The zero-order valence-electron chi connectivity index (χ0n) is 11.8. The van der Waals surface area contributed by atoms with Crippen LogP contribution in [0.4, 0.5) is 0 Å². The van der Waals surface area contributed by atoms with E-state index in [2.05, 4.69) is 17.0 Å². The average Bonchev–Trinajstić information content (AvgIpc) is 2.96. The summed E-state index contributed by atoms with van der Waals surface area (Å²) in [4.78, 5) is 11.4. The van der Waals surface area contributed by atoms with Gasteiger partial charge in [-0.2, -0.15) is 0 Å². The first-order chi connectivity index (χ1) is 9.74. The molecule has 1 aromatic carbocycles. The second kappa shape index (κ2) is 6.91. The fourth-order valence-corrected chi connectivity index (χ4v) is 1.90. The number of methoxy groups -OCH3 is 1. The van der Waals surface area contributed by atoms with Gasteiger partial charge in [0, 0.05) is 5.56 Å². The molecule has 0 aliphatic heterocycles. The molecule has 0 spiro atoms. The van der Waals surface area contributed by atoms with E-state index in [-0.39, 0.29) is 5.97 Å². The summed E-state index contributed by atoms with van der Waals surface area (Å²) in [6.45, 7) is 3.83. The number of benzene rings is 1. The van der Waals surface area contributed by atoms with Crippen molar-refractivity contribution < 1.29 is 13.9 Å². The van der Waals surface area contributed by atoms with Crippen LogP contribution in [-0.2, 0) is 11.3 Å². The van der Waals surface area contributed by atoms with Gasteiger partial charge < -0.3 is 14.5 Å². The molecule has 0 aliphatic carbocycles. The second-order valence-electron chi connectivity index (χ2n) is 4.51. The number of rotatable bonds is 6. The number of nitrogens with one attached hydrogen (secondary N) is 1. The van der Waals surface area contributed by atoms with Crippen molar-refractivity contribution in [3.63, 3.8) is 0 Å². The van der Waals surface area contributed by atoms with Gasteiger partial charge in [-0.25, -0.2) is 4.79 Å². The fraction of sp³-hybridized carbons (Fsp3) is 0.312. The largest absolute Gasteiger partial charge is 0.465 e. The summed E-state index contributed by atoms with van der Waals surface area (Å²) in [5.41, 5.74) is 1.48. The number of hydrogen-bond acceptors (Lipinski definition) is 4. The first kappa shape index (κ1) is 14.3. The van der Waals surface area contributed by atoms with Crippen LogP contribution in [0.3, 0.4) is 0 Å². The van der Waals surface area contributed by atoms with E-state index in [0.717, 1.165) is 36.6 Å². The first-order valence-corrected chi connectivity index (χ1v) is 6.72. The second-order valence-corrected chi connectivity index (χ2v) is 4.51. The van der Waals surface area contributed by atoms with Crippen LogP contribution in [0.1, 0.15) is 29.5 Å². The van der Waals surface area contributed by atoms with Crippen LogP contribution in [0.2, 0.25) is 0 Å². The maximum absolute atomic E-state index is 11.4. The minimum Gasteiger partial charge on any atom is -0.465 e. The third-order valence-corrected chi connectivity index (χ3v) is 2.98. The number of carbonyl (C=O) groups excluding carboxylic acids is 1. The molecule has 0 radical (unpaired) electrons. The van der Waals surface area contributed by atoms with E-state index >= 15 is 0 Å². The molecule has 1 aromatic heterocycles. The summed E-state index contributed by atoms with van der Waals surface area (Å²) in [5, 5.41) is 3.29. The summed E-state index contributed by atoms with van der Waals surface area (Å²) < 4.78 is 10.4. The Bertz CT molecular complexity index is 557. The van der Waals surface area contributed by atoms with Gasteiger partial charge in [0.25, 0.3) is 0 Å². The van der Waals surface area contributed by atoms with Crippen molar-refractivity contribution in [2.45, 2.75) is 19.9 Å². The molecular formula is C16H19NO3.